The van der Waals surface area contributed by atoms with Crippen LogP contribution in [0.5, 0.6) is 0 Å². The fourth-order valence-corrected chi connectivity index (χ4v) is 6.38. The van der Waals surface area contributed by atoms with Gasteiger partial charge in [0, 0.05) is 69.5 Å². The smallest absolute Gasteiger partial charge is 0.409 e. The maximum absolute atomic E-state index is 12.1. The molecule has 1 amide bonds. The molecule has 2 fully saturated rings. The van der Waals surface area contributed by atoms with Crippen LogP contribution in [0.1, 0.15) is 34.1 Å². The van der Waals surface area contributed by atoms with Gasteiger partial charge < -0.3 is 14.5 Å². The average Bonchev–Trinajstić information content (AvgIpc) is 3.35. The number of nitrogens with zero attached hydrogens (tertiary/aromatic N) is 6. The molecule has 8 nitrogen and oxygen atoms in total. The van der Waals surface area contributed by atoms with Crippen LogP contribution in [-0.2, 0) is 4.74 Å². The molecular weight excluding hydrogens is 464 g/mol. The van der Waals surface area contributed by atoms with Gasteiger partial charge in [-0.25, -0.2) is 4.79 Å². The number of likely N-dealkylation sites (N-methyl/N-ethyl adjacent to an activating group) is 1. The Morgan fingerprint density at radius 1 is 1.16 bits per heavy atom. The number of fused-ring (bicyclic) bond motifs is 1. The lowest BCUT2D eigenvalue weighted by Crippen LogP contribution is -2.63. The molecule has 0 aromatic rings. The van der Waals surface area contributed by atoms with Crippen LogP contribution in [0.3, 0.4) is 0 Å². The molecule has 0 N–H and O–H groups in total. The van der Waals surface area contributed by atoms with E-state index in [-0.39, 0.29) is 11.6 Å². The minimum absolute atomic E-state index is 0.151. The summed E-state index contributed by atoms with van der Waals surface area (Å²) < 4.78 is 5.18. The standard InChI is InChI=1S/C29H44N6O2/c1-6-37-28(36)33-17-15-32(16-18-33)26-11-12-30-35-20-24(19-27(26)35)23-7-9-25(10-8-23)29(4)21-34(22(2)3)14-13-31(29)5/h7-9,11-12,19,22,24-25H,6,10,13-18,20-21H2,1-5H3/t24?,25?,29-/m0/s1. The molecule has 3 atom stereocenters. The van der Waals surface area contributed by atoms with Gasteiger partial charge in [0.1, 0.15) is 0 Å². The predicted octanol–water partition coefficient (Wildman–Crippen LogP) is 3.38. The van der Waals surface area contributed by atoms with Crippen molar-refractivity contribution >= 4 is 12.3 Å². The summed E-state index contributed by atoms with van der Waals surface area (Å²) in [5.41, 5.74) is 3.96. The first-order valence-electron chi connectivity index (χ1n) is 14.0. The fourth-order valence-electron chi connectivity index (χ4n) is 6.38. The van der Waals surface area contributed by atoms with Crippen LogP contribution < -0.4 is 0 Å². The average molecular weight is 509 g/mol. The third-order valence-electron chi connectivity index (χ3n) is 9.06. The summed E-state index contributed by atoms with van der Waals surface area (Å²) in [6.07, 6.45) is 14.6. The molecule has 0 bridgehead atoms. The van der Waals surface area contributed by atoms with Crippen LogP contribution in [0.2, 0.25) is 0 Å². The summed E-state index contributed by atoms with van der Waals surface area (Å²) in [6, 6.07) is 0.588. The maximum Gasteiger partial charge on any atom is 0.409 e. The molecule has 4 aliphatic heterocycles. The highest BCUT2D eigenvalue weighted by Gasteiger charge is 2.42. The third kappa shape index (κ3) is 5.10. The summed E-state index contributed by atoms with van der Waals surface area (Å²) in [5, 5.41) is 6.82. The van der Waals surface area contributed by atoms with Crippen molar-refractivity contribution in [1.29, 1.82) is 0 Å². The van der Waals surface area contributed by atoms with Crippen molar-refractivity contribution in [2.75, 3.05) is 66.0 Å². The molecule has 0 saturated carbocycles. The lowest BCUT2D eigenvalue weighted by Gasteiger charge is -2.52. The lowest BCUT2D eigenvalue weighted by atomic mass is 9.76. The van der Waals surface area contributed by atoms with Crippen LogP contribution in [0.4, 0.5) is 4.79 Å². The molecular formula is C29H44N6O2. The summed E-state index contributed by atoms with van der Waals surface area (Å²) >= 11 is 0. The molecule has 0 radical (unpaired) electrons. The second kappa shape index (κ2) is 10.7. The normalized spacial score (nSPS) is 30.9. The Kier molecular flexibility index (Phi) is 7.50. The Balaban J connectivity index is 1.24. The number of hydrogen-bond acceptors (Lipinski definition) is 7. The van der Waals surface area contributed by atoms with E-state index >= 15 is 0 Å². The Hall–Kier alpha value is -2.58. The number of hydrazone groups is 1. The van der Waals surface area contributed by atoms with Crippen molar-refractivity contribution in [2.45, 2.75) is 45.7 Å². The van der Waals surface area contributed by atoms with E-state index in [4.69, 9.17) is 4.74 Å². The molecule has 5 aliphatic rings. The molecule has 202 valence electrons. The van der Waals surface area contributed by atoms with E-state index in [1.165, 1.54) is 17.0 Å². The highest BCUT2D eigenvalue weighted by Crippen LogP contribution is 2.39. The van der Waals surface area contributed by atoms with Gasteiger partial charge in [-0.05, 0) is 64.8 Å². The zero-order valence-electron chi connectivity index (χ0n) is 23.3. The molecule has 4 heterocycles. The Bertz CT molecular complexity index is 1020. The van der Waals surface area contributed by atoms with Crippen molar-refractivity contribution in [3.8, 4) is 0 Å². The summed E-state index contributed by atoms with van der Waals surface area (Å²) in [6.45, 7) is 16.6. The van der Waals surface area contributed by atoms with Crippen LogP contribution in [0.25, 0.3) is 0 Å². The van der Waals surface area contributed by atoms with E-state index in [1.807, 2.05) is 13.1 Å². The molecule has 5 rings (SSSR count). The molecule has 2 unspecified atom stereocenters. The van der Waals surface area contributed by atoms with Gasteiger partial charge in [-0.15, -0.1) is 0 Å². The van der Waals surface area contributed by atoms with Crippen LogP contribution in [0, 0.1) is 11.8 Å². The Labute approximate surface area is 222 Å². The largest absolute Gasteiger partial charge is 0.450 e. The van der Waals surface area contributed by atoms with Crippen LogP contribution in [0.15, 0.2) is 52.4 Å². The van der Waals surface area contributed by atoms with Gasteiger partial charge in [0.25, 0.3) is 0 Å². The molecule has 0 spiro atoms. The molecule has 0 aromatic heterocycles. The maximum atomic E-state index is 12.1. The second-order valence-corrected chi connectivity index (χ2v) is 11.5. The number of ether oxygens (including phenoxy) is 1. The van der Waals surface area contributed by atoms with Crippen molar-refractivity contribution in [2.24, 2.45) is 16.9 Å². The topological polar surface area (TPSA) is 54.9 Å². The minimum Gasteiger partial charge on any atom is -0.450 e. The molecule has 0 aromatic carbocycles. The molecule has 8 heteroatoms. The van der Waals surface area contributed by atoms with Crippen molar-refractivity contribution in [3.05, 3.63) is 47.3 Å². The minimum atomic E-state index is -0.206. The first-order valence-corrected chi connectivity index (χ1v) is 14.0. The van der Waals surface area contributed by atoms with E-state index in [0.29, 0.717) is 37.6 Å². The first kappa shape index (κ1) is 26.0. The van der Waals surface area contributed by atoms with Gasteiger partial charge in [0.2, 0.25) is 0 Å². The fraction of sp³-hybridized carbons (Fsp3) is 0.655. The van der Waals surface area contributed by atoms with E-state index in [0.717, 1.165) is 45.7 Å². The molecule has 1 aliphatic carbocycles. The number of carbonyl (C=O) groups excluding carboxylic acids is 1. The van der Waals surface area contributed by atoms with Gasteiger partial charge in [0.15, 0.2) is 0 Å². The molecule has 37 heavy (non-hydrogen) atoms. The van der Waals surface area contributed by atoms with E-state index in [2.05, 4.69) is 83.0 Å². The third-order valence-corrected chi connectivity index (χ3v) is 9.06. The van der Waals surface area contributed by atoms with Crippen LogP contribution >= 0.6 is 0 Å². The Morgan fingerprint density at radius 2 is 1.95 bits per heavy atom. The van der Waals surface area contributed by atoms with E-state index in [9.17, 15) is 4.79 Å². The summed E-state index contributed by atoms with van der Waals surface area (Å²) in [5.74, 6) is 0.860. The molecule has 2 saturated heterocycles. The highest BCUT2D eigenvalue weighted by molar-refractivity contribution is 5.75. The SMILES string of the molecule is CCOC(=O)N1CCN(C2=CC=NN3CC(C4=CCC([C@]5(C)CN(C(C)C)CCN5C)C=C4)C=C23)CC1. The Morgan fingerprint density at radius 3 is 2.62 bits per heavy atom. The number of rotatable bonds is 5. The van der Waals surface area contributed by atoms with Gasteiger partial charge >= 0.3 is 6.09 Å². The zero-order chi connectivity index (χ0) is 26.2. The number of piperazine rings is 2. The zero-order valence-corrected chi connectivity index (χ0v) is 23.3. The monoisotopic (exact) mass is 508 g/mol. The first-order chi connectivity index (χ1) is 17.8. The van der Waals surface area contributed by atoms with Gasteiger partial charge in [-0.1, -0.05) is 18.2 Å². The quantitative estimate of drug-likeness (QED) is 0.568. The van der Waals surface area contributed by atoms with Crippen molar-refractivity contribution in [3.63, 3.8) is 0 Å². The lowest BCUT2D eigenvalue weighted by molar-refractivity contribution is -0.0119. The summed E-state index contributed by atoms with van der Waals surface area (Å²) in [7, 11) is 2.29. The number of amides is 1. The van der Waals surface area contributed by atoms with Gasteiger partial charge in [-0.2, -0.15) is 5.10 Å². The highest BCUT2D eigenvalue weighted by atomic mass is 16.6. The summed E-state index contributed by atoms with van der Waals surface area (Å²) in [4.78, 5) is 21.5. The number of carbonyl (C=O) groups is 1. The van der Waals surface area contributed by atoms with E-state index < -0.39 is 0 Å². The van der Waals surface area contributed by atoms with E-state index in [1.54, 1.807) is 4.90 Å². The predicted molar refractivity (Wildman–Crippen MR) is 148 cm³/mol. The van der Waals surface area contributed by atoms with Crippen LogP contribution in [-0.4, -0.2) is 115 Å². The second-order valence-electron chi connectivity index (χ2n) is 11.5. The van der Waals surface area contributed by atoms with Gasteiger partial charge in [-0.3, -0.25) is 14.8 Å². The number of allylic oxidation sites excluding steroid dienone is 3. The van der Waals surface area contributed by atoms with Crippen molar-refractivity contribution in [1.82, 2.24) is 24.6 Å². The number of hydrogen-bond donors (Lipinski definition) is 0. The van der Waals surface area contributed by atoms with Gasteiger partial charge in [0.05, 0.1) is 24.5 Å². The van der Waals surface area contributed by atoms with Crippen molar-refractivity contribution < 1.29 is 9.53 Å².